The van der Waals surface area contributed by atoms with Crippen LogP contribution in [-0.2, 0) is 9.47 Å². The van der Waals surface area contributed by atoms with Crippen LogP contribution in [0.25, 0.3) is 0 Å². The van der Waals surface area contributed by atoms with Crippen molar-refractivity contribution in [3.05, 3.63) is 71.8 Å². The molecule has 2 aliphatic heterocycles. The van der Waals surface area contributed by atoms with Gasteiger partial charge in [-0.2, -0.15) is 0 Å². The molecule has 2 heteroatoms. The predicted octanol–water partition coefficient (Wildman–Crippen LogP) is 3.76. The molecule has 102 valence electrons. The minimum atomic E-state index is 0.190. The molecule has 0 aromatic heterocycles. The fourth-order valence-corrected chi connectivity index (χ4v) is 3.52. The van der Waals surface area contributed by atoms with Crippen molar-refractivity contribution in [3.8, 4) is 0 Å². The Kier molecular flexibility index (Phi) is 3.06. The maximum absolute atomic E-state index is 6.08. The molecule has 2 aromatic carbocycles. The zero-order valence-corrected chi connectivity index (χ0v) is 11.3. The van der Waals surface area contributed by atoms with Gasteiger partial charge in [-0.05, 0) is 11.1 Å². The molecular weight excluding hydrogens is 248 g/mol. The second kappa shape index (κ2) is 5.04. The van der Waals surface area contributed by atoms with Crippen molar-refractivity contribution in [2.75, 3.05) is 13.2 Å². The molecule has 2 unspecified atom stereocenters. The summed E-state index contributed by atoms with van der Waals surface area (Å²) in [7, 11) is 0. The van der Waals surface area contributed by atoms with Crippen molar-refractivity contribution >= 4 is 0 Å². The van der Waals surface area contributed by atoms with E-state index in [1.165, 1.54) is 11.1 Å². The standard InChI is InChI=1S/C18H18O2/c1-3-7-13(8-4-1)17-15-11-20-18(16(15)12-19-17)14-9-5-2-6-10-14/h1-10,15-18H,11-12H2/t15-,16-,17?,18?/m1/s1. The average molecular weight is 266 g/mol. The number of rotatable bonds is 2. The molecule has 0 N–H and O–H groups in total. The SMILES string of the molecule is c1ccc(C2OC[C@H]3C(c4ccccc4)OC[C@@H]23)cc1. The van der Waals surface area contributed by atoms with Gasteiger partial charge >= 0.3 is 0 Å². The molecule has 0 saturated carbocycles. The topological polar surface area (TPSA) is 18.5 Å². The van der Waals surface area contributed by atoms with Gasteiger partial charge in [-0.15, -0.1) is 0 Å². The summed E-state index contributed by atoms with van der Waals surface area (Å²) in [5.41, 5.74) is 2.55. The van der Waals surface area contributed by atoms with Crippen LogP contribution in [0.15, 0.2) is 60.7 Å². The number of fused-ring (bicyclic) bond motifs is 1. The molecule has 2 aromatic rings. The zero-order chi connectivity index (χ0) is 13.4. The van der Waals surface area contributed by atoms with Crippen molar-refractivity contribution in [1.29, 1.82) is 0 Å². The van der Waals surface area contributed by atoms with E-state index < -0.39 is 0 Å². The third kappa shape index (κ3) is 1.96. The average Bonchev–Trinajstić information content (AvgIpc) is 3.10. The van der Waals surface area contributed by atoms with Crippen LogP contribution in [0.4, 0.5) is 0 Å². The smallest absolute Gasteiger partial charge is 0.0879 e. The van der Waals surface area contributed by atoms with Crippen LogP contribution in [0.2, 0.25) is 0 Å². The third-order valence-corrected chi connectivity index (χ3v) is 4.52. The van der Waals surface area contributed by atoms with E-state index in [9.17, 15) is 0 Å². The first-order valence-corrected chi connectivity index (χ1v) is 7.26. The summed E-state index contributed by atoms with van der Waals surface area (Å²) in [6, 6.07) is 21.0. The Morgan fingerprint density at radius 1 is 0.600 bits per heavy atom. The van der Waals surface area contributed by atoms with Gasteiger partial charge in [0, 0.05) is 11.8 Å². The molecule has 0 amide bonds. The Balaban J connectivity index is 1.59. The van der Waals surface area contributed by atoms with Crippen molar-refractivity contribution in [3.63, 3.8) is 0 Å². The predicted molar refractivity (Wildman–Crippen MR) is 77.3 cm³/mol. The Morgan fingerprint density at radius 3 is 1.40 bits per heavy atom. The summed E-state index contributed by atoms with van der Waals surface area (Å²) in [5.74, 6) is 0.949. The first-order valence-electron chi connectivity index (χ1n) is 7.26. The van der Waals surface area contributed by atoms with Gasteiger partial charge < -0.3 is 9.47 Å². The first kappa shape index (κ1) is 12.1. The van der Waals surface area contributed by atoms with Gasteiger partial charge in [0.2, 0.25) is 0 Å². The number of benzene rings is 2. The van der Waals surface area contributed by atoms with Crippen molar-refractivity contribution < 1.29 is 9.47 Å². The molecule has 0 bridgehead atoms. The molecule has 0 spiro atoms. The van der Waals surface area contributed by atoms with E-state index in [0.29, 0.717) is 11.8 Å². The van der Waals surface area contributed by atoms with Crippen molar-refractivity contribution in [1.82, 2.24) is 0 Å². The fourth-order valence-electron chi connectivity index (χ4n) is 3.52. The van der Waals surface area contributed by atoms with Gasteiger partial charge in [0.05, 0.1) is 25.4 Å². The highest BCUT2D eigenvalue weighted by molar-refractivity contribution is 5.24. The van der Waals surface area contributed by atoms with E-state index >= 15 is 0 Å². The number of hydrogen-bond acceptors (Lipinski definition) is 2. The summed E-state index contributed by atoms with van der Waals surface area (Å²) in [4.78, 5) is 0. The summed E-state index contributed by atoms with van der Waals surface area (Å²) >= 11 is 0. The summed E-state index contributed by atoms with van der Waals surface area (Å²) in [6.07, 6.45) is 0.379. The van der Waals surface area contributed by atoms with Gasteiger partial charge in [-0.1, -0.05) is 60.7 Å². The Bertz CT molecular complexity index is 513. The lowest BCUT2D eigenvalue weighted by Gasteiger charge is -2.16. The van der Waals surface area contributed by atoms with Crippen LogP contribution in [0.3, 0.4) is 0 Å². The lowest BCUT2D eigenvalue weighted by Crippen LogP contribution is -2.14. The van der Waals surface area contributed by atoms with E-state index in [4.69, 9.17) is 9.47 Å². The summed E-state index contributed by atoms with van der Waals surface area (Å²) in [6.45, 7) is 1.59. The van der Waals surface area contributed by atoms with E-state index in [2.05, 4.69) is 48.5 Å². The van der Waals surface area contributed by atoms with Crippen LogP contribution in [0, 0.1) is 11.8 Å². The lowest BCUT2D eigenvalue weighted by molar-refractivity contribution is 0.0193. The summed E-state index contributed by atoms with van der Waals surface area (Å²) < 4.78 is 12.2. The van der Waals surface area contributed by atoms with Crippen molar-refractivity contribution in [2.24, 2.45) is 11.8 Å². The lowest BCUT2D eigenvalue weighted by atomic mass is 9.85. The zero-order valence-electron chi connectivity index (χ0n) is 11.3. The Morgan fingerprint density at radius 2 is 1.00 bits per heavy atom. The quantitative estimate of drug-likeness (QED) is 0.824. The van der Waals surface area contributed by atoms with Gasteiger partial charge in [0.15, 0.2) is 0 Å². The second-order valence-corrected chi connectivity index (χ2v) is 5.66. The molecule has 4 atom stereocenters. The normalized spacial score (nSPS) is 32.2. The van der Waals surface area contributed by atoms with Crippen LogP contribution in [0.1, 0.15) is 23.3 Å². The highest BCUT2D eigenvalue weighted by atomic mass is 16.5. The molecule has 2 fully saturated rings. The van der Waals surface area contributed by atoms with Gasteiger partial charge in [0.1, 0.15) is 0 Å². The van der Waals surface area contributed by atoms with E-state index in [-0.39, 0.29) is 12.2 Å². The highest BCUT2D eigenvalue weighted by Gasteiger charge is 2.47. The molecule has 2 nitrogen and oxygen atoms in total. The van der Waals surface area contributed by atoms with Crippen LogP contribution in [0.5, 0.6) is 0 Å². The molecule has 0 aliphatic carbocycles. The minimum Gasteiger partial charge on any atom is -0.373 e. The second-order valence-electron chi connectivity index (χ2n) is 5.66. The third-order valence-electron chi connectivity index (χ3n) is 4.52. The number of hydrogen-bond donors (Lipinski definition) is 0. The van der Waals surface area contributed by atoms with Crippen LogP contribution >= 0.6 is 0 Å². The molecule has 2 saturated heterocycles. The van der Waals surface area contributed by atoms with Gasteiger partial charge in [-0.25, -0.2) is 0 Å². The Hall–Kier alpha value is -1.64. The molecule has 2 aliphatic rings. The Labute approximate surface area is 119 Å². The van der Waals surface area contributed by atoms with E-state index in [1.54, 1.807) is 0 Å². The largest absolute Gasteiger partial charge is 0.373 e. The fraction of sp³-hybridized carbons (Fsp3) is 0.333. The minimum absolute atomic E-state index is 0.190. The monoisotopic (exact) mass is 266 g/mol. The summed E-state index contributed by atoms with van der Waals surface area (Å²) in [5, 5.41) is 0. The maximum atomic E-state index is 6.08. The van der Waals surface area contributed by atoms with E-state index in [0.717, 1.165) is 13.2 Å². The van der Waals surface area contributed by atoms with Crippen LogP contribution in [-0.4, -0.2) is 13.2 Å². The molecular formula is C18H18O2. The molecule has 4 rings (SSSR count). The molecule has 0 radical (unpaired) electrons. The first-order chi connectivity index (χ1) is 9.93. The van der Waals surface area contributed by atoms with Crippen molar-refractivity contribution in [2.45, 2.75) is 12.2 Å². The maximum Gasteiger partial charge on any atom is 0.0879 e. The van der Waals surface area contributed by atoms with Gasteiger partial charge in [0.25, 0.3) is 0 Å². The van der Waals surface area contributed by atoms with Crippen LogP contribution < -0.4 is 0 Å². The van der Waals surface area contributed by atoms with Gasteiger partial charge in [-0.3, -0.25) is 0 Å². The molecule has 2 heterocycles. The highest BCUT2D eigenvalue weighted by Crippen LogP contribution is 2.49. The molecule has 20 heavy (non-hydrogen) atoms. The van der Waals surface area contributed by atoms with E-state index in [1.807, 2.05) is 12.1 Å². The number of ether oxygens (including phenoxy) is 2.